The summed E-state index contributed by atoms with van der Waals surface area (Å²) in [6, 6.07) is 13.8. The van der Waals surface area contributed by atoms with Crippen molar-refractivity contribution in [2.75, 3.05) is 5.32 Å². The second-order valence-electron chi connectivity index (χ2n) is 8.77. The molecule has 1 aliphatic carbocycles. The highest BCUT2D eigenvalue weighted by atomic mass is 79.9. The first kappa shape index (κ1) is 22.7. The molecule has 3 N–H and O–H groups in total. The predicted molar refractivity (Wildman–Crippen MR) is 142 cm³/mol. The Morgan fingerprint density at radius 1 is 1.06 bits per heavy atom. The largest absolute Gasteiger partial charge is 0.365 e. The molecule has 0 bridgehead atoms. The zero-order valence-corrected chi connectivity index (χ0v) is 21.4. The van der Waals surface area contributed by atoms with Gasteiger partial charge in [0.15, 0.2) is 0 Å². The summed E-state index contributed by atoms with van der Waals surface area (Å²) in [5, 5.41) is 4.30. The number of amides is 2. The third kappa shape index (κ3) is 4.14. The molecule has 2 heterocycles. The number of hydrogen-bond donors (Lipinski definition) is 2. The van der Waals surface area contributed by atoms with Crippen LogP contribution in [-0.2, 0) is 12.8 Å². The Labute approximate surface area is 210 Å². The molecule has 0 aliphatic heterocycles. The predicted octanol–water partition coefficient (Wildman–Crippen LogP) is 6.57. The van der Waals surface area contributed by atoms with E-state index in [1.807, 2.05) is 38.1 Å². The molecule has 2 aromatic carbocycles. The van der Waals surface area contributed by atoms with Gasteiger partial charge in [-0.25, -0.2) is 4.98 Å². The lowest BCUT2D eigenvalue weighted by Crippen LogP contribution is -2.19. The fourth-order valence-electron chi connectivity index (χ4n) is 4.62. The second kappa shape index (κ2) is 8.96. The van der Waals surface area contributed by atoms with Crippen molar-refractivity contribution in [3.8, 4) is 11.3 Å². The first-order chi connectivity index (χ1) is 16.3. The molecule has 4 aromatic rings. The summed E-state index contributed by atoms with van der Waals surface area (Å²) in [5.41, 5.74) is 12.4. The average molecular weight is 534 g/mol. The van der Waals surface area contributed by atoms with Crippen LogP contribution in [0.5, 0.6) is 0 Å². The number of fused-ring (bicyclic) bond motifs is 2. The van der Waals surface area contributed by atoms with Gasteiger partial charge in [0.1, 0.15) is 5.00 Å². The summed E-state index contributed by atoms with van der Waals surface area (Å²) in [4.78, 5) is 32.0. The number of pyridine rings is 1. The van der Waals surface area contributed by atoms with Crippen molar-refractivity contribution in [2.24, 2.45) is 5.73 Å². The summed E-state index contributed by atoms with van der Waals surface area (Å²) < 4.78 is 0.861. The lowest BCUT2D eigenvalue weighted by atomic mass is 9.95. The van der Waals surface area contributed by atoms with E-state index in [9.17, 15) is 9.59 Å². The summed E-state index contributed by atoms with van der Waals surface area (Å²) in [6.45, 7) is 4.08. The van der Waals surface area contributed by atoms with E-state index in [2.05, 4.69) is 39.4 Å². The van der Waals surface area contributed by atoms with Crippen molar-refractivity contribution in [3.63, 3.8) is 0 Å². The van der Waals surface area contributed by atoms with Crippen LogP contribution in [0.2, 0.25) is 0 Å². The Balaban J connectivity index is 1.64. The van der Waals surface area contributed by atoms with Gasteiger partial charge in [0, 0.05) is 20.3 Å². The average Bonchev–Trinajstić information content (AvgIpc) is 3.18. The number of aryl methyl sites for hydroxylation is 3. The molecule has 7 heteroatoms. The molecule has 0 unspecified atom stereocenters. The van der Waals surface area contributed by atoms with Gasteiger partial charge in [0.2, 0.25) is 0 Å². The molecule has 5 nitrogen and oxygen atoms in total. The van der Waals surface area contributed by atoms with Crippen molar-refractivity contribution in [2.45, 2.75) is 39.5 Å². The molecule has 0 spiro atoms. The van der Waals surface area contributed by atoms with Crippen LogP contribution in [0.3, 0.4) is 0 Å². The number of rotatable bonds is 4. The molecule has 172 valence electrons. The van der Waals surface area contributed by atoms with E-state index in [-0.39, 0.29) is 5.91 Å². The van der Waals surface area contributed by atoms with Gasteiger partial charge in [0.25, 0.3) is 11.8 Å². The number of carbonyl (C=O) groups is 2. The number of anilines is 1. The maximum absolute atomic E-state index is 13.7. The second-order valence-corrected chi connectivity index (χ2v) is 10.8. The van der Waals surface area contributed by atoms with Crippen LogP contribution in [0.4, 0.5) is 5.00 Å². The van der Waals surface area contributed by atoms with Gasteiger partial charge in [0.05, 0.1) is 22.3 Å². The van der Waals surface area contributed by atoms with Crippen LogP contribution in [-0.4, -0.2) is 16.8 Å². The zero-order chi connectivity index (χ0) is 24.0. The number of benzene rings is 2. The maximum Gasteiger partial charge on any atom is 0.257 e. The molecule has 0 fully saturated rings. The standard InChI is InChI=1S/C27H24BrN3O2S/c1-14-7-8-15(2)18(11-14)22-13-20(19-12-16(28)9-10-21(19)30-22)26(33)31-27-24(25(29)32)17-5-3-4-6-23(17)34-27/h7-13H,3-6H2,1-2H3,(H2,29,32)(H,31,33). The Bertz CT molecular complexity index is 1470. The number of thiophene rings is 1. The first-order valence-electron chi connectivity index (χ1n) is 11.3. The van der Waals surface area contributed by atoms with Gasteiger partial charge in [-0.15, -0.1) is 11.3 Å². The smallest absolute Gasteiger partial charge is 0.257 e. The van der Waals surface area contributed by atoms with E-state index in [1.54, 1.807) is 0 Å². The topological polar surface area (TPSA) is 85.1 Å². The van der Waals surface area contributed by atoms with Crippen LogP contribution < -0.4 is 11.1 Å². The first-order valence-corrected chi connectivity index (χ1v) is 12.9. The van der Waals surface area contributed by atoms with Gasteiger partial charge >= 0.3 is 0 Å². The zero-order valence-electron chi connectivity index (χ0n) is 19.0. The van der Waals surface area contributed by atoms with E-state index in [1.165, 1.54) is 11.3 Å². The van der Waals surface area contributed by atoms with Gasteiger partial charge in [-0.1, -0.05) is 33.6 Å². The summed E-state index contributed by atoms with van der Waals surface area (Å²) in [6.07, 6.45) is 3.85. The quantitative estimate of drug-likeness (QED) is 0.311. The van der Waals surface area contributed by atoms with Crippen molar-refractivity contribution in [1.82, 2.24) is 4.98 Å². The van der Waals surface area contributed by atoms with Crippen molar-refractivity contribution < 1.29 is 9.59 Å². The molecule has 1 aliphatic rings. The number of carbonyl (C=O) groups excluding carboxylic acids is 2. The third-order valence-corrected chi connectivity index (χ3v) is 8.03. The number of nitrogens with one attached hydrogen (secondary N) is 1. The van der Waals surface area contributed by atoms with Gasteiger partial charge < -0.3 is 11.1 Å². The Morgan fingerprint density at radius 3 is 2.65 bits per heavy atom. The number of nitrogens with two attached hydrogens (primary N) is 1. The molecule has 0 saturated heterocycles. The monoisotopic (exact) mass is 533 g/mol. The molecule has 2 amide bonds. The fraction of sp³-hybridized carbons (Fsp3) is 0.222. The highest BCUT2D eigenvalue weighted by Gasteiger charge is 2.26. The van der Waals surface area contributed by atoms with Crippen LogP contribution in [0, 0.1) is 13.8 Å². The molecule has 0 saturated carbocycles. The lowest BCUT2D eigenvalue weighted by molar-refractivity contribution is 0.100. The summed E-state index contributed by atoms with van der Waals surface area (Å²) >= 11 is 4.99. The number of hydrogen-bond acceptors (Lipinski definition) is 4. The van der Waals surface area contributed by atoms with E-state index in [0.717, 1.165) is 73.9 Å². The molecular weight excluding hydrogens is 510 g/mol. The molecule has 0 radical (unpaired) electrons. The number of nitrogens with zero attached hydrogens (tertiary/aromatic N) is 1. The molecule has 2 aromatic heterocycles. The van der Waals surface area contributed by atoms with Gasteiger partial charge in [-0.2, -0.15) is 0 Å². The number of primary amides is 1. The third-order valence-electron chi connectivity index (χ3n) is 6.33. The summed E-state index contributed by atoms with van der Waals surface area (Å²) in [7, 11) is 0. The minimum absolute atomic E-state index is 0.279. The minimum atomic E-state index is -0.492. The Hall–Kier alpha value is -3.03. The van der Waals surface area contributed by atoms with E-state index in [4.69, 9.17) is 10.7 Å². The van der Waals surface area contributed by atoms with E-state index < -0.39 is 5.91 Å². The van der Waals surface area contributed by atoms with Crippen molar-refractivity contribution >= 4 is 55.0 Å². The lowest BCUT2D eigenvalue weighted by Gasteiger charge is -2.13. The Morgan fingerprint density at radius 2 is 1.85 bits per heavy atom. The molecule has 34 heavy (non-hydrogen) atoms. The molecule has 0 atom stereocenters. The number of halogens is 1. The van der Waals surface area contributed by atoms with Crippen LogP contribution in [0.15, 0.2) is 46.9 Å². The molecular formula is C27H24BrN3O2S. The van der Waals surface area contributed by atoms with E-state index >= 15 is 0 Å². The van der Waals surface area contributed by atoms with Crippen molar-refractivity contribution in [1.29, 1.82) is 0 Å². The van der Waals surface area contributed by atoms with Crippen molar-refractivity contribution in [3.05, 3.63) is 79.6 Å². The fourth-order valence-corrected chi connectivity index (χ4v) is 6.27. The Kier molecular flexibility index (Phi) is 6.00. The molecule has 5 rings (SSSR count). The maximum atomic E-state index is 13.7. The normalized spacial score (nSPS) is 13.0. The van der Waals surface area contributed by atoms with Crippen LogP contribution in [0.1, 0.15) is 55.1 Å². The summed E-state index contributed by atoms with van der Waals surface area (Å²) in [5.74, 6) is -0.772. The van der Waals surface area contributed by atoms with E-state index in [0.29, 0.717) is 16.1 Å². The highest BCUT2D eigenvalue weighted by molar-refractivity contribution is 9.10. The van der Waals surface area contributed by atoms with Gasteiger partial charge in [-0.05, 0) is 81.0 Å². The van der Waals surface area contributed by atoms with Crippen LogP contribution >= 0.6 is 27.3 Å². The highest BCUT2D eigenvalue weighted by Crippen LogP contribution is 2.38. The SMILES string of the molecule is Cc1ccc(C)c(-c2cc(C(=O)Nc3sc4c(c3C(N)=O)CCCC4)c3cc(Br)ccc3n2)c1. The minimum Gasteiger partial charge on any atom is -0.365 e. The number of aromatic nitrogens is 1. The van der Waals surface area contributed by atoms with Crippen LogP contribution in [0.25, 0.3) is 22.2 Å². The van der Waals surface area contributed by atoms with Gasteiger partial charge in [-0.3, -0.25) is 9.59 Å².